The maximum atomic E-state index is 10.9. The number of aromatic nitrogens is 2. The molecule has 0 saturated heterocycles. The number of aliphatic carboxylic acids is 1. The zero-order valence-corrected chi connectivity index (χ0v) is 13.7. The summed E-state index contributed by atoms with van der Waals surface area (Å²) < 4.78 is 4.09. The van der Waals surface area contributed by atoms with Crippen molar-refractivity contribution in [3.63, 3.8) is 0 Å². The number of carboxylic acid groups (broad SMARTS) is 1. The number of hydrogen-bond donors (Lipinski definition) is 1. The van der Waals surface area contributed by atoms with Crippen molar-refractivity contribution < 1.29 is 14.5 Å². The van der Waals surface area contributed by atoms with Gasteiger partial charge in [-0.05, 0) is 12.8 Å². The molecular weight excluding hydrogens is 264 g/mol. The number of aryl methyl sites for hydroxylation is 1. The molecule has 0 saturated carbocycles. The van der Waals surface area contributed by atoms with E-state index in [0.29, 0.717) is 0 Å². The molecule has 0 fully saturated rings. The van der Waals surface area contributed by atoms with Gasteiger partial charge in [0.15, 0.2) is 6.54 Å². The van der Waals surface area contributed by atoms with Gasteiger partial charge in [-0.15, -0.1) is 0 Å². The lowest BCUT2D eigenvalue weighted by Crippen LogP contribution is -2.40. The Hall–Kier alpha value is -1.32. The van der Waals surface area contributed by atoms with Gasteiger partial charge in [0.1, 0.15) is 12.4 Å². The van der Waals surface area contributed by atoms with Gasteiger partial charge >= 0.3 is 5.97 Å². The van der Waals surface area contributed by atoms with E-state index in [-0.39, 0.29) is 6.54 Å². The molecule has 0 spiro atoms. The van der Waals surface area contributed by atoms with E-state index >= 15 is 0 Å². The highest BCUT2D eigenvalue weighted by atomic mass is 16.4. The Labute approximate surface area is 128 Å². The number of hydrogen-bond acceptors (Lipinski definition) is 1. The Balaban J connectivity index is 2.43. The third kappa shape index (κ3) is 6.78. The van der Waals surface area contributed by atoms with Gasteiger partial charge in [0.2, 0.25) is 0 Å². The topological polar surface area (TPSA) is 46.1 Å². The van der Waals surface area contributed by atoms with Crippen LogP contribution >= 0.6 is 0 Å². The van der Waals surface area contributed by atoms with E-state index in [0.717, 1.165) is 31.6 Å². The van der Waals surface area contributed by atoms with Crippen molar-refractivity contribution in [1.29, 1.82) is 0 Å². The molecule has 0 atom stereocenters. The van der Waals surface area contributed by atoms with E-state index in [1.807, 2.05) is 17.0 Å². The first-order chi connectivity index (χ1) is 10.2. The zero-order valence-electron chi connectivity index (χ0n) is 13.7. The standard InChI is InChI=1S/C17H30N2O2/c1-3-5-6-7-8-9-10-11-16-18(12-4-2)13-14-19(16)15-17(20)21/h13-14H,3-12,15H2,1-2H3/p+1. The summed E-state index contributed by atoms with van der Waals surface area (Å²) in [5.74, 6) is 0.392. The molecule has 120 valence electrons. The molecule has 4 nitrogen and oxygen atoms in total. The molecule has 0 aliphatic carbocycles. The maximum absolute atomic E-state index is 10.9. The summed E-state index contributed by atoms with van der Waals surface area (Å²) in [4.78, 5) is 10.9. The van der Waals surface area contributed by atoms with Crippen LogP contribution in [-0.2, 0) is 24.3 Å². The molecule has 0 unspecified atom stereocenters. The lowest BCUT2D eigenvalue weighted by molar-refractivity contribution is -0.692. The first-order valence-corrected chi connectivity index (χ1v) is 8.48. The van der Waals surface area contributed by atoms with Gasteiger partial charge in [-0.25, -0.2) is 13.9 Å². The molecule has 4 heteroatoms. The van der Waals surface area contributed by atoms with Crippen molar-refractivity contribution in [2.75, 3.05) is 0 Å². The average Bonchev–Trinajstić information content (AvgIpc) is 2.80. The fraction of sp³-hybridized carbons (Fsp3) is 0.765. The van der Waals surface area contributed by atoms with E-state index in [9.17, 15) is 4.79 Å². The quantitative estimate of drug-likeness (QED) is 0.473. The van der Waals surface area contributed by atoms with Crippen LogP contribution in [0.2, 0.25) is 0 Å². The molecule has 1 aromatic heterocycles. The van der Waals surface area contributed by atoms with Crippen LogP contribution in [-0.4, -0.2) is 15.6 Å². The summed E-state index contributed by atoms with van der Waals surface area (Å²) in [5.41, 5.74) is 0. The summed E-state index contributed by atoms with van der Waals surface area (Å²) >= 11 is 0. The summed E-state index contributed by atoms with van der Waals surface area (Å²) in [6.45, 7) is 5.43. The Morgan fingerprint density at radius 2 is 1.76 bits per heavy atom. The minimum Gasteiger partial charge on any atom is -0.478 e. The molecule has 1 rings (SSSR count). The van der Waals surface area contributed by atoms with Gasteiger partial charge in [0, 0.05) is 6.42 Å². The minimum atomic E-state index is -0.768. The lowest BCUT2D eigenvalue weighted by Gasteiger charge is -2.04. The first-order valence-electron chi connectivity index (χ1n) is 8.48. The summed E-state index contributed by atoms with van der Waals surface area (Å²) in [6.07, 6.45) is 15.0. The number of carboxylic acids is 1. The number of unbranched alkanes of at least 4 members (excludes halogenated alkanes) is 6. The van der Waals surface area contributed by atoms with Crippen LogP contribution in [0, 0.1) is 0 Å². The van der Waals surface area contributed by atoms with Gasteiger partial charge in [-0.2, -0.15) is 0 Å². The molecule has 0 bridgehead atoms. The highest BCUT2D eigenvalue weighted by Gasteiger charge is 2.18. The molecule has 0 aliphatic rings. The molecule has 1 aromatic rings. The Kier molecular flexibility index (Phi) is 8.79. The Morgan fingerprint density at radius 3 is 2.38 bits per heavy atom. The number of carbonyl (C=O) groups is 1. The molecule has 1 N–H and O–H groups in total. The van der Waals surface area contributed by atoms with Crippen LogP contribution in [0.4, 0.5) is 0 Å². The number of imidazole rings is 1. The normalized spacial score (nSPS) is 11.0. The number of nitrogens with zero attached hydrogens (tertiary/aromatic N) is 2. The lowest BCUT2D eigenvalue weighted by atomic mass is 10.1. The second kappa shape index (κ2) is 10.4. The van der Waals surface area contributed by atoms with Crippen LogP contribution in [0.3, 0.4) is 0 Å². The van der Waals surface area contributed by atoms with Crippen LogP contribution in [0.1, 0.15) is 71.0 Å². The largest absolute Gasteiger partial charge is 0.478 e. The predicted molar refractivity (Wildman–Crippen MR) is 84.3 cm³/mol. The maximum Gasteiger partial charge on any atom is 0.346 e. The highest BCUT2D eigenvalue weighted by Crippen LogP contribution is 2.10. The zero-order chi connectivity index (χ0) is 15.5. The monoisotopic (exact) mass is 295 g/mol. The van der Waals surface area contributed by atoms with Crippen LogP contribution in [0.5, 0.6) is 0 Å². The smallest absolute Gasteiger partial charge is 0.346 e. The molecule has 0 aliphatic heterocycles. The molecule has 21 heavy (non-hydrogen) atoms. The van der Waals surface area contributed by atoms with E-state index in [2.05, 4.69) is 18.4 Å². The molecular formula is C17H31N2O2+. The fourth-order valence-electron chi connectivity index (χ4n) is 2.76. The number of rotatable bonds is 12. The van der Waals surface area contributed by atoms with Crippen molar-refractivity contribution in [1.82, 2.24) is 4.57 Å². The summed E-state index contributed by atoms with van der Waals surface area (Å²) in [6, 6.07) is 0. The van der Waals surface area contributed by atoms with Gasteiger partial charge in [-0.1, -0.05) is 52.4 Å². The van der Waals surface area contributed by atoms with Gasteiger partial charge in [-0.3, -0.25) is 0 Å². The van der Waals surface area contributed by atoms with Crippen molar-refractivity contribution in [3.05, 3.63) is 18.2 Å². The Bertz CT molecular complexity index is 413. The van der Waals surface area contributed by atoms with Crippen molar-refractivity contribution in [2.45, 2.75) is 84.7 Å². The fourth-order valence-corrected chi connectivity index (χ4v) is 2.76. The summed E-state index contributed by atoms with van der Waals surface area (Å²) in [7, 11) is 0. The predicted octanol–water partition coefficient (Wildman–Crippen LogP) is 3.56. The van der Waals surface area contributed by atoms with E-state index in [4.69, 9.17) is 5.11 Å². The Morgan fingerprint density at radius 1 is 1.10 bits per heavy atom. The third-order valence-corrected chi connectivity index (χ3v) is 3.86. The van der Waals surface area contributed by atoms with Gasteiger partial charge in [0.05, 0.1) is 6.54 Å². The van der Waals surface area contributed by atoms with E-state index < -0.39 is 5.97 Å². The van der Waals surface area contributed by atoms with Gasteiger partial charge in [0.25, 0.3) is 5.82 Å². The van der Waals surface area contributed by atoms with E-state index in [1.54, 1.807) is 0 Å². The van der Waals surface area contributed by atoms with Crippen molar-refractivity contribution >= 4 is 5.97 Å². The molecule has 0 amide bonds. The van der Waals surface area contributed by atoms with Gasteiger partial charge < -0.3 is 5.11 Å². The van der Waals surface area contributed by atoms with Crippen LogP contribution in [0.25, 0.3) is 0 Å². The van der Waals surface area contributed by atoms with E-state index in [1.165, 1.54) is 38.5 Å². The molecule has 1 heterocycles. The van der Waals surface area contributed by atoms with Crippen LogP contribution < -0.4 is 4.57 Å². The minimum absolute atomic E-state index is 0.0720. The van der Waals surface area contributed by atoms with Crippen LogP contribution in [0.15, 0.2) is 12.4 Å². The first kappa shape index (κ1) is 17.7. The molecule has 0 aromatic carbocycles. The SMILES string of the molecule is CCCCCCCCCc1n(CCC)cc[n+]1CC(=O)O. The summed E-state index contributed by atoms with van der Waals surface area (Å²) in [5, 5.41) is 8.99. The highest BCUT2D eigenvalue weighted by molar-refractivity contribution is 5.64. The molecule has 0 radical (unpaired) electrons. The third-order valence-electron chi connectivity index (χ3n) is 3.86. The second-order valence-electron chi connectivity index (χ2n) is 5.80. The van der Waals surface area contributed by atoms with Crippen molar-refractivity contribution in [2.24, 2.45) is 0 Å². The average molecular weight is 295 g/mol. The van der Waals surface area contributed by atoms with Crippen molar-refractivity contribution in [3.8, 4) is 0 Å². The second-order valence-corrected chi connectivity index (χ2v) is 5.80.